The Labute approximate surface area is 210 Å². The number of carbonyl (C=O) groups is 1. The Hall–Kier alpha value is -3.74. The third kappa shape index (κ3) is 3.57. The quantitative estimate of drug-likeness (QED) is 0.384. The minimum Gasteiger partial charge on any atom is -0.489 e. The summed E-state index contributed by atoms with van der Waals surface area (Å²) in [5.74, 6) is -0.536. The lowest BCUT2D eigenvalue weighted by molar-refractivity contribution is -0.534. The molecule has 5 rings (SSSR count). The van der Waals surface area contributed by atoms with Crippen LogP contribution in [-0.4, -0.2) is 35.4 Å². The summed E-state index contributed by atoms with van der Waals surface area (Å²) in [6, 6.07) is 20.6. The van der Waals surface area contributed by atoms with E-state index in [1.807, 2.05) is 24.3 Å². The number of nitro groups is 1. The number of hydrogen-bond donors (Lipinski definition) is 1. The van der Waals surface area contributed by atoms with Gasteiger partial charge in [-0.1, -0.05) is 52.3 Å². The highest BCUT2D eigenvalue weighted by Crippen LogP contribution is 2.53. The molecular formula is C26H21BrN4O4. The Morgan fingerprint density at radius 3 is 2.74 bits per heavy atom. The summed E-state index contributed by atoms with van der Waals surface area (Å²) >= 11 is 3.49. The number of fused-ring (bicyclic) bond motifs is 2. The average molecular weight is 533 g/mol. The molecule has 1 spiro atoms. The number of rotatable bonds is 5. The van der Waals surface area contributed by atoms with E-state index in [9.17, 15) is 20.2 Å². The molecule has 1 amide bonds. The van der Waals surface area contributed by atoms with Gasteiger partial charge in [0.05, 0.1) is 17.6 Å². The lowest BCUT2D eigenvalue weighted by Gasteiger charge is -2.30. The number of carbonyl (C=O) groups excluding carboxylic acids is 1. The molecule has 8 nitrogen and oxygen atoms in total. The van der Waals surface area contributed by atoms with Crippen LogP contribution in [0.1, 0.15) is 28.2 Å². The second-order valence-corrected chi connectivity index (χ2v) is 9.64. The van der Waals surface area contributed by atoms with Crippen molar-refractivity contribution in [3.63, 3.8) is 0 Å². The first-order valence-electron chi connectivity index (χ1n) is 11.0. The van der Waals surface area contributed by atoms with Gasteiger partial charge < -0.3 is 10.1 Å². The minimum absolute atomic E-state index is 0.137. The molecule has 0 radical (unpaired) electrons. The summed E-state index contributed by atoms with van der Waals surface area (Å²) < 4.78 is 6.88. The normalized spacial score (nSPS) is 23.1. The predicted molar refractivity (Wildman–Crippen MR) is 133 cm³/mol. The van der Waals surface area contributed by atoms with Gasteiger partial charge in [0, 0.05) is 38.3 Å². The minimum atomic E-state index is -1.43. The Balaban J connectivity index is 1.58. The largest absolute Gasteiger partial charge is 0.489 e. The van der Waals surface area contributed by atoms with Crippen molar-refractivity contribution in [2.75, 3.05) is 18.9 Å². The van der Waals surface area contributed by atoms with Crippen LogP contribution in [0.25, 0.3) is 0 Å². The monoisotopic (exact) mass is 532 g/mol. The molecule has 0 saturated carbocycles. The van der Waals surface area contributed by atoms with Gasteiger partial charge in [0.1, 0.15) is 12.4 Å². The number of nitriles is 1. The van der Waals surface area contributed by atoms with Crippen molar-refractivity contribution in [3.8, 4) is 11.8 Å². The number of hydrogen-bond acceptors (Lipinski definition) is 6. The zero-order chi connectivity index (χ0) is 24.7. The molecule has 3 aromatic carbocycles. The van der Waals surface area contributed by atoms with E-state index in [1.54, 1.807) is 54.4 Å². The van der Waals surface area contributed by atoms with Crippen LogP contribution in [0.3, 0.4) is 0 Å². The van der Waals surface area contributed by atoms with Crippen LogP contribution in [0.4, 0.5) is 5.69 Å². The highest BCUT2D eigenvalue weighted by atomic mass is 79.9. The number of anilines is 1. The summed E-state index contributed by atoms with van der Waals surface area (Å²) in [7, 11) is 1.75. The summed E-state index contributed by atoms with van der Waals surface area (Å²) in [5, 5.41) is 24.9. The number of nitrogens with one attached hydrogen (secondary N) is 1. The van der Waals surface area contributed by atoms with Crippen molar-refractivity contribution < 1.29 is 14.5 Å². The molecule has 2 aliphatic heterocycles. The average Bonchev–Trinajstić information content (AvgIpc) is 3.33. The van der Waals surface area contributed by atoms with Crippen LogP contribution in [0.2, 0.25) is 0 Å². The van der Waals surface area contributed by atoms with Crippen LogP contribution in [0, 0.1) is 21.4 Å². The first-order valence-corrected chi connectivity index (χ1v) is 11.8. The van der Waals surface area contributed by atoms with Gasteiger partial charge in [-0.15, -0.1) is 0 Å². The van der Waals surface area contributed by atoms with Gasteiger partial charge in [-0.2, -0.15) is 5.26 Å². The Morgan fingerprint density at radius 1 is 1.23 bits per heavy atom. The van der Waals surface area contributed by atoms with Crippen molar-refractivity contribution in [2.24, 2.45) is 0 Å². The maximum atomic E-state index is 13.4. The molecule has 0 unspecified atom stereocenters. The number of benzene rings is 3. The number of nitrogens with zero attached hydrogens (tertiary/aromatic N) is 3. The number of likely N-dealkylation sites (N-methyl/N-ethyl adjacent to an activating group) is 1. The summed E-state index contributed by atoms with van der Waals surface area (Å²) in [4.78, 5) is 27.4. The Morgan fingerprint density at radius 2 is 1.97 bits per heavy atom. The number of para-hydroxylation sites is 1. The van der Waals surface area contributed by atoms with Gasteiger partial charge >= 0.3 is 0 Å². The van der Waals surface area contributed by atoms with Crippen LogP contribution in [0.5, 0.6) is 5.75 Å². The predicted octanol–water partition coefficient (Wildman–Crippen LogP) is 4.42. The molecule has 35 heavy (non-hydrogen) atoms. The number of halogens is 1. The molecule has 1 saturated heterocycles. The van der Waals surface area contributed by atoms with Crippen LogP contribution in [-0.2, 0) is 16.9 Å². The lowest BCUT2D eigenvalue weighted by Crippen LogP contribution is -2.54. The fourth-order valence-corrected chi connectivity index (χ4v) is 5.79. The highest BCUT2D eigenvalue weighted by Gasteiger charge is 2.68. The summed E-state index contributed by atoms with van der Waals surface area (Å²) in [6.07, 6.45) is 0. The summed E-state index contributed by atoms with van der Waals surface area (Å²) in [6.45, 7) is 0.424. The van der Waals surface area contributed by atoms with Crippen molar-refractivity contribution in [2.45, 2.75) is 24.1 Å². The Bertz CT molecular complexity index is 1390. The maximum Gasteiger partial charge on any atom is 0.256 e. The maximum absolute atomic E-state index is 13.4. The van der Waals surface area contributed by atoms with Crippen molar-refractivity contribution in [3.05, 3.63) is 104 Å². The molecule has 0 aromatic heterocycles. The van der Waals surface area contributed by atoms with E-state index in [-0.39, 0.29) is 18.1 Å². The second-order valence-electron chi connectivity index (χ2n) is 8.72. The lowest BCUT2D eigenvalue weighted by atomic mass is 9.79. The molecule has 0 bridgehead atoms. The summed E-state index contributed by atoms with van der Waals surface area (Å²) in [5.41, 5.74) is 1.63. The van der Waals surface area contributed by atoms with Crippen LogP contribution < -0.4 is 10.1 Å². The fraction of sp³-hybridized carbons (Fsp3) is 0.231. The van der Waals surface area contributed by atoms with E-state index in [1.165, 1.54) is 0 Å². The molecule has 3 atom stereocenters. The third-order valence-electron chi connectivity index (χ3n) is 6.93. The van der Waals surface area contributed by atoms with Gasteiger partial charge in [0.2, 0.25) is 0 Å². The van der Waals surface area contributed by atoms with Crippen molar-refractivity contribution >= 4 is 27.5 Å². The number of amides is 1. The van der Waals surface area contributed by atoms with Crippen LogP contribution in [0.15, 0.2) is 71.2 Å². The smallest absolute Gasteiger partial charge is 0.256 e. The van der Waals surface area contributed by atoms with E-state index in [0.29, 0.717) is 28.1 Å². The fourth-order valence-electron chi connectivity index (χ4n) is 5.41. The molecule has 2 aliphatic rings. The molecule has 1 N–H and O–H groups in total. The van der Waals surface area contributed by atoms with E-state index in [0.717, 1.165) is 10.0 Å². The molecule has 2 heterocycles. The topological polar surface area (TPSA) is 108 Å². The molecule has 0 aliphatic carbocycles. The van der Waals surface area contributed by atoms with E-state index >= 15 is 0 Å². The standard InChI is InChI=1S/C26H21BrN4O4/c1-30-14-20(24(31(33)34)26(30)21-8-4-5-9-22(21)29-25(26)32)19-12-18(27)10-11-23(19)35-15-17-7-3-2-6-16(17)13-28/h2-12,20,24H,14-15H2,1H3,(H,29,32)/t20-,24-,26+/m1/s1. The first kappa shape index (κ1) is 23.0. The number of likely N-dealkylation sites (tertiary alicyclic amines) is 1. The van der Waals surface area contributed by atoms with E-state index in [2.05, 4.69) is 27.3 Å². The molecular weight excluding hydrogens is 512 g/mol. The first-order chi connectivity index (χ1) is 16.9. The van der Waals surface area contributed by atoms with Crippen LogP contribution >= 0.6 is 15.9 Å². The van der Waals surface area contributed by atoms with E-state index < -0.39 is 23.4 Å². The van der Waals surface area contributed by atoms with Gasteiger partial charge in [-0.3, -0.25) is 19.8 Å². The third-order valence-corrected chi connectivity index (χ3v) is 7.43. The molecule has 176 valence electrons. The number of ether oxygens (including phenoxy) is 1. The van der Waals surface area contributed by atoms with Gasteiger partial charge in [0.15, 0.2) is 5.54 Å². The highest BCUT2D eigenvalue weighted by molar-refractivity contribution is 9.10. The molecule has 1 fully saturated rings. The Kier molecular flexibility index (Phi) is 5.79. The van der Waals surface area contributed by atoms with Gasteiger partial charge in [0.25, 0.3) is 11.9 Å². The molecule has 9 heteroatoms. The van der Waals surface area contributed by atoms with Gasteiger partial charge in [-0.25, -0.2) is 0 Å². The zero-order valence-electron chi connectivity index (χ0n) is 18.8. The van der Waals surface area contributed by atoms with Crippen molar-refractivity contribution in [1.82, 2.24) is 4.90 Å². The van der Waals surface area contributed by atoms with E-state index in [4.69, 9.17) is 4.74 Å². The molecule has 3 aromatic rings. The van der Waals surface area contributed by atoms with Gasteiger partial charge in [-0.05, 0) is 37.4 Å². The zero-order valence-corrected chi connectivity index (χ0v) is 20.4. The van der Waals surface area contributed by atoms with Crippen molar-refractivity contribution in [1.29, 1.82) is 5.26 Å². The second kappa shape index (κ2) is 8.80. The SMILES string of the molecule is CN1C[C@H](c2cc(Br)ccc2OCc2ccccc2C#N)[C@@H]([N+](=O)[O-])[C@@]12C(=O)Nc1ccccc12.